The van der Waals surface area contributed by atoms with Gasteiger partial charge in [-0.05, 0) is 43.4 Å². The van der Waals surface area contributed by atoms with Crippen LogP contribution in [0.15, 0.2) is 0 Å². The van der Waals surface area contributed by atoms with Crippen LogP contribution in [0.5, 0.6) is 0 Å². The molecule has 1 saturated carbocycles. The van der Waals surface area contributed by atoms with Gasteiger partial charge in [-0.15, -0.1) is 0 Å². The molecule has 3 nitrogen and oxygen atoms in total. The van der Waals surface area contributed by atoms with Crippen molar-refractivity contribution in [3.8, 4) is 0 Å². The molecule has 1 amide bonds. The number of hydrogen-bond donors (Lipinski definition) is 1. The van der Waals surface area contributed by atoms with Crippen LogP contribution in [0.1, 0.15) is 53.4 Å². The fourth-order valence-electron chi connectivity index (χ4n) is 3.70. The van der Waals surface area contributed by atoms with Crippen molar-refractivity contribution in [1.29, 1.82) is 0 Å². The number of carbonyl (C=O) groups excluding carboxylic acids is 1. The predicted octanol–water partition coefficient (Wildman–Crippen LogP) is 2.62. The first-order chi connectivity index (χ1) is 8.47. The standard InChI is InChI=1S/C15H28N2O/c1-10(2)5-14-15(18)17(9-16-14)13-7-11(3)6-12(4)8-13/h10-14,16H,5-9H2,1-4H3. The van der Waals surface area contributed by atoms with Crippen molar-refractivity contribution in [2.24, 2.45) is 17.8 Å². The molecule has 0 aromatic carbocycles. The lowest BCUT2D eigenvalue weighted by molar-refractivity contribution is -0.132. The first-order valence-electron chi connectivity index (χ1n) is 7.51. The van der Waals surface area contributed by atoms with Crippen LogP contribution < -0.4 is 5.32 Å². The summed E-state index contributed by atoms with van der Waals surface area (Å²) in [5, 5.41) is 3.39. The molecular formula is C15H28N2O. The molecule has 2 fully saturated rings. The van der Waals surface area contributed by atoms with Gasteiger partial charge < -0.3 is 4.90 Å². The summed E-state index contributed by atoms with van der Waals surface area (Å²) in [5.41, 5.74) is 0. The summed E-state index contributed by atoms with van der Waals surface area (Å²) in [7, 11) is 0. The molecule has 104 valence electrons. The highest BCUT2D eigenvalue weighted by Crippen LogP contribution is 2.32. The number of carbonyl (C=O) groups is 1. The number of rotatable bonds is 3. The average Bonchev–Trinajstić information content (AvgIpc) is 2.58. The van der Waals surface area contributed by atoms with Crippen molar-refractivity contribution in [2.75, 3.05) is 6.67 Å². The minimum absolute atomic E-state index is 0.0672. The van der Waals surface area contributed by atoms with Gasteiger partial charge in [-0.2, -0.15) is 0 Å². The number of nitrogens with one attached hydrogen (secondary N) is 1. The van der Waals surface area contributed by atoms with Gasteiger partial charge in [-0.25, -0.2) is 0 Å². The molecule has 1 heterocycles. The summed E-state index contributed by atoms with van der Waals surface area (Å²) in [6, 6.07) is 0.540. The van der Waals surface area contributed by atoms with Crippen LogP contribution in [0.3, 0.4) is 0 Å². The second kappa shape index (κ2) is 5.60. The summed E-state index contributed by atoms with van der Waals surface area (Å²) in [4.78, 5) is 14.5. The molecular weight excluding hydrogens is 224 g/mol. The van der Waals surface area contributed by atoms with Crippen molar-refractivity contribution in [2.45, 2.75) is 65.5 Å². The maximum absolute atomic E-state index is 12.4. The smallest absolute Gasteiger partial charge is 0.241 e. The predicted molar refractivity (Wildman–Crippen MR) is 74.1 cm³/mol. The topological polar surface area (TPSA) is 32.3 Å². The highest BCUT2D eigenvalue weighted by Gasteiger charge is 2.38. The lowest BCUT2D eigenvalue weighted by atomic mass is 9.80. The van der Waals surface area contributed by atoms with Gasteiger partial charge in [0.2, 0.25) is 5.91 Å². The Kier molecular flexibility index (Phi) is 4.31. The third-order valence-corrected chi connectivity index (χ3v) is 4.39. The number of nitrogens with zero attached hydrogens (tertiary/aromatic N) is 1. The summed E-state index contributed by atoms with van der Waals surface area (Å²) in [5.74, 6) is 2.44. The van der Waals surface area contributed by atoms with Crippen molar-refractivity contribution < 1.29 is 4.79 Å². The van der Waals surface area contributed by atoms with Gasteiger partial charge >= 0.3 is 0 Å². The molecule has 1 aliphatic heterocycles. The van der Waals surface area contributed by atoms with Gasteiger partial charge in [0.05, 0.1) is 12.7 Å². The molecule has 2 rings (SSSR count). The van der Waals surface area contributed by atoms with Crippen molar-refractivity contribution in [3.63, 3.8) is 0 Å². The minimum Gasteiger partial charge on any atom is -0.326 e. The van der Waals surface area contributed by atoms with E-state index in [1.165, 1.54) is 19.3 Å². The van der Waals surface area contributed by atoms with Gasteiger partial charge in [0.25, 0.3) is 0 Å². The Hall–Kier alpha value is -0.570. The minimum atomic E-state index is 0.0672. The lowest BCUT2D eigenvalue weighted by Gasteiger charge is -2.37. The second-order valence-corrected chi connectivity index (χ2v) is 6.92. The zero-order chi connectivity index (χ0) is 13.3. The van der Waals surface area contributed by atoms with E-state index >= 15 is 0 Å². The van der Waals surface area contributed by atoms with E-state index in [0.29, 0.717) is 17.9 Å². The molecule has 0 spiro atoms. The van der Waals surface area contributed by atoms with E-state index in [1.54, 1.807) is 0 Å². The van der Waals surface area contributed by atoms with Crippen molar-refractivity contribution >= 4 is 5.91 Å². The number of hydrogen-bond acceptors (Lipinski definition) is 2. The van der Waals surface area contributed by atoms with Crippen LogP contribution in [-0.4, -0.2) is 29.6 Å². The molecule has 0 aromatic heterocycles. The van der Waals surface area contributed by atoms with Gasteiger partial charge in [0, 0.05) is 6.04 Å². The lowest BCUT2D eigenvalue weighted by Crippen LogP contribution is -2.42. The maximum Gasteiger partial charge on any atom is 0.241 e. The molecule has 18 heavy (non-hydrogen) atoms. The molecule has 1 N–H and O–H groups in total. The Balaban J connectivity index is 1.96. The largest absolute Gasteiger partial charge is 0.326 e. The number of amides is 1. The second-order valence-electron chi connectivity index (χ2n) is 6.92. The normalized spacial score (nSPS) is 37.6. The Morgan fingerprint density at radius 3 is 2.39 bits per heavy atom. The van der Waals surface area contributed by atoms with E-state index in [9.17, 15) is 4.79 Å². The van der Waals surface area contributed by atoms with Crippen LogP contribution in [-0.2, 0) is 4.79 Å². The van der Waals surface area contributed by atoms with E-state index in [0.717, 1.165) is 24.9 Å². The van der Waals surface area contributed by atoms with Crippen LogP contribution in [0, 0.1) is 17.8 Å². The van der Waals surface area contributed by atoms with E-state index < -0.39 is 0 Å². The maximum atomic E-state index is 12.4. The molecule has 2 aliphatic rings. The fraction of sp³-hybridized carbons (Fsp3) is 0.933. The molecule has 0 radical (unpaired) electrons. The fourth-order valence-corrected chi connectivity index (χ4v) is 3.70. The van der Waals surface area contributed by atoms with Crippen LogP contribution in [0.2, 0.25) is 0 Å². The molecule has 3 heteroatoms. The summed E-state index contributed by atoms with van der Waals surface area (Å²) in [6.07, 6.45) is 4.66. The van der Waals surface area contributed by atoms with Crippen LogP contribution >= 0.6 is 0 Å². The van der Waals surface area contributed by atoms with Crippen LogP contribution in [0.25, 0.3) is 0 Å². The van der Waals surface area contributed by atoms with Crippen molar-refractivity contribution in [3.05, 3.63) is 0 Å². The van der Waals surface area contributed by atoms with Crippen LogP contribution in [0.4, 0.5) is 0 Å². The monoisotopic (exact) mass is 252 g/mol. The first-order valence-corrected chi connectivity index (χ1v) is 7.51. The van der Waals surface area contributed by atoms with Gasteiger partial charge in [0.1, 0.15) is 0 Å². The zero-order valence-electron chi connectivity index (χ0n) is 12.3. The molecule has 3 atom stereocenters. The summed E-state index contributed by atoms with van der Waals surface area (Å²) >= 11 is 0. The Morgan fingerprint density at radius 2 is 1.83 bits per heavy atom. The van der Waals surface area contributed by atoms with E-state index in [-0.39, 0.29) is 6.04 Å². The molecule has 1 aliphatic carbocycles. The Labute approximate surface area is 111 Å². The molecule has 0 aromatic rings. The van der Waals surface area contributed by atoms with Crippen molar-refractivity contribution in [1.82, 2.24) is 10.2 Å². The van der Waals surface area contributed by atoms with E-state index in [1.807, 2.05) is 0 Å². The SMILES string of the molecule is CC(C)CC1NCN(C2CC(C)CC(C)C2)C1=O. The highest BCUT2D eigenvalue weighted by atomic mass is 16.2. The van der Waals surface area contributed by atoms with E-state index in [2.05, 4.69) is 37.9 Å². The Bertz CT molecular complexity index is 293. The van der Waals surface area contributed by atoms with Gasteiger partial charge in [-0.3, -0.25) is 10.1 Å². The highest BCUT2D eigenvalue weighted by molar-refractivity contribution is 5.84. The average molecular weight is 252 g/mol. The van der Waals surface area contributed by atoms with Gasteiger partial charge in [0.15, 0.2) is 0 Å². The third kappa shape index (κ3) is 3.05. The zero-order valence-corrected chi connectivity index (χ0v) is 12.3. The van der Waals surface area contributed by atoms with Gasteiger partial charge in [-0.1, -0.05) is 27.7 Å². The molecule has 1 saturated heterocycles. The third-order valence-electron chi connectivity index (χ3n) is 4.39. The molecule has 3 unspecified atom stereocenters. The Morgan fingerprint density at radius 1 is 1.22 bits per heavy atom. The van der Waals surface area contributed by atoms with E-state index in [4.69, 9.17) is 0 Å². The quantitative estimate of drug-likeness (QED) is 0.837. The molecule has 0 bridgehead atoms. The summed E-state index contributed by atoms with van der Waals surface area (Å²) < 4.78 is 0. The summed E-state index contributed by atoms with van der Waals surface area (Å²) in [6.45, 7) is 9.77. The first kappa shape index (κ1) is 13.9.